The standard InChI is InChI=1S/C11H12N2O/c1-7-6-9-4-5-10(14)13(3)11(9)12-8(7)2/h4-6H,1-3H3. The van der Waals surface area contributed by atoms with Gasteiger partial charge in [-0.25, -0.2) is 4.98 Å². The molecule has 2 aromatic heterocycles. The lowest BCUT2D eigenvalue weighted by Crippen LogP contribution is -2.16. The van der Waals surface area contributed by atoms with Gasteiger partial charge in [-0.05, 0) is 31.5 Å². The van der Waals surface area contributed by atoms with Crippen LogP contribution in [0.15, 0.2) is 23.0 Å². The maximum Gasteiger partial charge on any atom is 0.251 e. The van der Waals surface area contributed by atoms with Crippen LogP contribution in [0.25, 0.3) is 11.0 Å². The maximum absolute atomic E-state index is 11.4. The van der Waals surface area contributed by atoms with Crippen LogP contribution in [-0.2, 0) is 7.05 Å². The average Bonchev–Trinajstić information content (AvgIpc) is 2.15. The van der Waals surface area contributed by atoms with Crippen molar-refractivity contribution in [3.8, 4) is 0 Å². The number of hydrogen-bond donors (Lipinski definition) is 0. The Morgan fingerprint density at radius 1 is 1.29 bits per heavy atom. The number of hydrogen-bond acceptors (Lipinski definition) is 2. The van der Waals surface area contributed by atoms with Gasteiger partial charge in [0.25, 0.3) is 5.56 Å². The van der Waals surface area contributed by atoms with Crippen LogP contribution in [-0.4, -0.2) is 9.55 Å². The van der Waals surface area contributed by atoms with Crippen LogP contribution >= 0.6 is 0 Å². The molecule has 0 radical (unpaired) electrons. The summed E-state index contributed by atoms with van der Waals surface area (Å²) in [6.45, 7) is 3.97. The Morgan fingerprint density at radius 3 is 2.71 bits per heavy atom. The van der Waals surface area contributed by atoms with Crippen LogP contribution in [0.1, 0.15) is 11.3 Å². The number of pyridine rings is 2. The fourth-order valence-corrected chi connectivity index (χ4v) is 1.48. The van der Waals surface area contributed by atoms with Gasteiger partial charge in [-0.3, -0.25) is 9.36 Å². The molecule has 0 N–H and O–H groups in total. The van der Waals surface area contributed by atoms with E-state index in [0.29, 0.717) is 0 Å². The monoisotopic (exact) mass is 188 g/mol. The summed E-state index contributed by atoms with van der Waals surface area (Å²) in [5.74, 6) is 0. The molecule has 0 spiro atoms. The fraction of sp³-hybridized carbons (Fsp3) is 0.273. The van der Waals surface area contributed by atoms with E-state index in [2.05, 4.69) is 11.1 Å². The molecule has 3 heteroatoms. The van der Waals surface area contributed by atoms with Crippen LogP contribution in [0.3, 0.4) is 0 Å². The molecule has 0 bridgehead atoms. The van der Waals surface area contributed by atoms with Gasteiger partial charge >= 0.3 is 0 Å². The van der Waals surface area contributed by atoms with Crippen LogP contribution in [0.5, 0.6) is 0 Å². The summed E-state index contributed by atoms with van der Waals surface area (Å²) in [7, 11) is 1.74. The summed E-state index contributed by atoms with van der Waals surface area (Å²) in [5, 5.41) is 1.01. The largest absolute Gasteiger partial charge is 0.296 e. The SMILES string of the molecule is Cc1cc2ccc(=O)n(C)c2nc1C. The summed E-state index contributed by atoms with van der Waals surface area (Å²) in [5.41, 5.74) is 2.85. The first-order valence-corrected chi connectivity index (χ1v) is 4.53. The Kier molecular flexibility index (Phi) is 1.88. The summed E-state index contributed by atoms with van der Waals surface area (Å²) >= 11 is 0. The van der Waals surface area contributed by atoms with Gasteiger partial charge in [-0.15, -0.1) is 0 Å². The van der Waals surface area contributed by atoms with Gasteiger partial charge in [0.1, 0.15) is 5.65 Å². The minimum absolute atomic E-state index is 0.0201. The van der Waals surface area contributed by atoms with Gasteiger partial charge < -0.3 is 0 Å². The lowest BCUT2D eigenvalue weighted by molar-refractivity contribution is 0.882. The Labute approximate surface area is 82.0 Å². The quantitative estimate of drug-likeness (QED) is 0.628. The molecule has 2 aromatic rings. The van der Waals surface area contributed by atoms with Crippen molar-refractivity contribution in [3.63, 3.8) is 0 Å². The summed E-state index contributed by atoms with van der Waals surface area (Å²) in [6, 6.07) is 5.44. The smallest absolute Gasteiger partial charge is 0.251 e. The molecule has 0 fully saturated rings. The Bertz CT molecular complexity index is 555. The molecule has 0 aliphatic carbocycles. The second-order valence-electron chi connectivity index (χ2n) is 3.53. The highest BCUT2D eigenvalue weighted by Crippen LogP contribution is 2.13. The predicted molar refractivity (Wildman–Crippen MR) is 56.5 cm³/mol. The highest BCUT2D eigenvalue weighted by molar-refractivity contribution is 5.75. The molecule has 0 unspecified atom stereocenters. The first-order chi connectivity index (χ1) is 6.59. The van der Waals surface area contributed by atoms with Crippen molar-refractivity contribution < 1.29 is 0 Å². The predicted octanol–water partition coefficient (Wildman–Crippen LogP) is 1.55. The van der Waals surface area contributed by atoms with Crippen LogP contribution < -0.4 is 5.56 Å². The van der Waals surface area contributed by atoms with Gasteiger partial charge in [0.2, 0.25) is 0 Å². The number of fused-ring (bicyclic) bond motifs is 1. The van der Waals surface area contributed by atoms with Crippen molar-refractivity contribution in [1.82, 2.24) is 9.55 Å². The summed E-state index contributed by atoms with van der Waals surface area (Å²) < 4.78 is 1.57. The first-order valence-electron chi connectivity index (χ1n) is 4.53. The third kappa shape index (κ3) is 1.21. The summed E-state index contributed by atoms with van der Waals surface area (Å²) in [6.07, 6.45) is 0. The third-order valence-electron chi connectivity index (χ3n) is 2.53. The molecule has 0 aliphatic rings. The van der Waals surface area contributed by atoms with Gasteiger partial charge in [0.05, 0.1) is 0 Å². The lowest BCUT2D eigenvalue weighted by Gasteiger charge is -2.06. The van der Waals surface area contributed by atoms with E-state index in [1.165, 1.54) is 0 Å². The first kappa shape index (κ1) is 8.94. The molecule has 0 saturated carbocycles. The third-order valence-corrected chi connectivity index (χ3v) is 2.53. The molecule has 14 heavy (non-hydrogen) atoms. The van der Waals surface area contributed by atoms with E-state index >= 15 is 0 Å². The van der Waals surface area contributed by atoms with Crippen molar-refractivity contribution >= 4 is 11.0 Å². The molecule has 0 aliphatic heterocycles. The lowest BCUT2D eigenvalue weighted by atomic mass is 10.2. The molecule has 3 nitrogen and oxygen atoms in total. The van der Waals surface area contributed by atoms with E-state index in [9.17, 15) is 4.79 Å². The van der Waals surface area contributed by atoms with Crippen molar-refractivity contribution in [2.45, 2.75) is 13.8 Å². The second kappa shape index (κ2) is 2.94. The van der Waals surface area contributed by atoms with Gasteiger partial charge in [0.15, 0.2) is 0 Å². The molecule has 0 saturated heterocycles. The normalized spacial score (nSPS) is 10.8. The van der Waals surface area contributed by atoms with Gasteiger partial charge in [0, 0.05) is 24.2 Å². The van der Waals surface area contributed by atoms with Gasteiger partial charge in [-0.1, -0.05) is 0 Å². The van der Waals surface area contributed by atoms with E-state index in [1.54, 1.807) is 17.7 Å². The van der Waals surface area contributed by atoms with E-state index in [1.807, 2.05) is 19.9 Å². The van der Waals surface area contributed by atoms with E-state index in [4.69, 9.17) is 0 Å². The van der Waals surface area contributed by atoms with Crippen LogP contribution in [0.2, 0.25) is 0 Å². The molecular formula is C11H12N2O. The highest BCUT2D eigenvalue weighted by atomic mass is 16.1. The Balaban J connectivity index is 2.97. The number of aromatic nitrogens is 2. The van der Waals surface area contributed by atoms with E-state index in [-0.39, 0.29) is 5.56 Å². The minimum Gasteiger partial charge on any atom is -0.296 e. The molecule has 2 heterocycles. The molecule has 0 amide bonds. The van der Waals surface area contributed by atoms with Crippen molar-refractivity contribution in [3.05, 3.63) is 39.8 Å². The number of aryl methyl sites for hydroxylation is 3. The molecule has 0 atom stereocenters. The maximum atomic E-state index is 11.4. The molecule has 0 aromatic carbocycles. The number of nitrogens with zero attached hydrogens (tertiary/aromatic N) is 2. The van der Waals surface area contributed by atoms with E-state index < -0.39 is 0 Å². The molecule has 2 rings (SSSR count). The van der Waals surface area contributed by atoms with Gasteiger partial charge in [-0.2, -0.15) is 0 Å². The van der Waals surface area contributed by atoms with Crippen LogP contribution in [0, 0.1) is 13.8 Å². The Hall–Kier alpha value is -1.64. The fourth-order valence-electron chi connectivity index (χ4n) is 1.48. The Morgan fingerprint density at radius 2 is 2.00 bits per heavy atom. The zero-order valence-electron chi connectivity index (χ0n) is 8.53. The zero-order valence-corrected chi connectivity index (χ0v) is 8.53. The van der Waals surface area contributed by atoms with Crippen LogP contribution in [0.4, 0.5) is 0 Å². The van der Waals surface area contributed by atoms with Crippen molar-refractivity contribution in [2.24, 2.45) is 7.05 Å². The number of rotatable bonds is 0. The summed E-state index contributed by atoms with van der Waals surface area (Å²) in [4.78, 5) is 15.8. The van der Waals surface area contributed by atoms with E-state index in [0.717, 1.165) is 22.3 Å². The zero-order chi connectivity index (χ0) is 10.3. The second-order valence-corrected chi connectivity index (χ2v) is 3.53. The van der Waals surface area contributed by atoms with Crippen molar-refractivity contribution in [1.29, 1.82) is 0 Å². The minimum atomic E-state index is -0.0201. The van der Waals surface area contributed by atoms with Crippen molar-refractivity contribution in [2.75, 3.05) is 0 Å². The molecular weight excluding hydrogens is 176 g/mol. The molecule has 72 valence electrons. The highest BCUT2D eigenvalue weighted by Gasteiger charge is 2.02. The average molecular weight is 188 g/mol. The topological polar surface area (TPSA) is 34.9 Å².